The second kappa shape index (κ2) is 7.30. The van der Waals surface area contributed by atoms with Crippen molar-refractivity contribution in [2.75, 3.05) is 25.1 Å². The smallest absolute Gasteiger partial charge is 0.239 e. The third-order valence-electron chi connectivity index (χ3n) is 4.53. The molecule has 1 amide bonds. The van der Waals surface area contributed by atoms with E-state index in [0.29, 0.717) is 41.3 Å². The molecule has 5 nitrogen and oxygen atoms in total. The summed E-state index contributed by atoms with van der Waals surface area (Å²) in [4.78, 5) is 12.2. The average Bonchev–Trinajstić information content (AvgIpc) is 2.55. The predicted octanol–water partition coefficient (Wildman–Crippen LogP) is 3.22. The first kappa shape index (κ1) is 16.2. The highest BCUT2D eigenvalue weighted by Crippen LogP contribution is 2.37. The zero-order chi connectivity index (χ0) is 16.2. The van der Waals surface area contributed by atoms with Crippen molar-refractivity contribution in [1.29, 1.82) is 0 Å². The Hall–Kier alpha value is -1.62. The van der Waals surface area contributed by atoms with E-state index in [0.717, 1.165) is 6.42 Å². The first-order valence-corrected chi connectivity index (χ1v) is 8.63. The van der Waals surface area contributed by atoms with Crippen LogP contribution >= 0.6 is 11.6 Å². The fourth-order valence-electron chi connectivity index (χ4n) is 3.16. The Morgan fingerprint density at radius 3 is 2.65 bits per heavy atom. The van der Waals surface area contributed by atoms with E-state index in [1.165, 1.54) is 19.3 Å². The number of halogens is 1. The van der Waals surface area contributed by atoms with Crippen LogP contribution < -0.4 is 20.1 Å². The van der Waals surface area contributed by atoms with Crippen LogP contribution in [0.1, 0.15) is 32.6 Å². The van der Waals surface area contributed by atoms with Gasteiger partial charge in [0.25, 0.3) is 0 Å². The molecular formula is C17H23ClN2O3. The zero-order valence-corrected chi connectivity index (χ0v) is 14.1. The number of anilines is 1. The van der Waals surface area contributed by atoms with Crippen molar-refractivity contribution in [3.63, 3.8) is 0 Å². The van der Waals surface area contributed by atoms with E-state index >= 15 is 0 Å². The summed E-state index contributed by atoms with van der Waals surface area (Å²) in [5, 5.41) is 6.73. The predicted molar refractivity (Wildman–Crippen MR) is 90.5 cm³/mol. The van der Waals surface area contributed by atoms with Crippen LogP contribution in [0.15, 0.2) is 12.1 Å². The first-order valence-electron chi connectivity index (χ1n) is 8.26. The Morgan fingerprint density at radius 1 is 1.22 bits per heavy atom. The van der Waals surface area contributed by atoms with Gasteiger partial charge in [-0.05, 0) is 18.8 Å². The van der Waals surface area contributed by atoms with E-state index < -0.39 is 0 Å². The number of hydrogen-bond acceptors (Lipinski definition) is 4. The van der Waals surface area contributed by atoms with Gasteiger partial charge in [0.2, 0.25) is 5.91 Å². The van der Waals surface area contributed by atoms with Crippen molar-refractivity contribution >= 4 is 23.2 Å². The molecule has 3 rings (SSSR count). The number of amides is 1. The minimum atomic E-state index is -0.00490. The second-order valence-corrected chi connectivity index (χ2v) is 6.67. The summed E-state index contributed by atoms with van der Waals surface area (Å²) in [7, 11) is 0. The highest BCUT2D eigenvalue weighted by Gasteiger charge is 2.23. The molecule has 2 unspecified atom stereocenters. The van der Waals surface area contributed by atoms with E-state index in [4.69, 9.17) is 21.1 Å². The Morgan fingerprint density at radius 2 is 1.91 bits per heavy atom. The van der Waals surface area contributed by atoms with Gasteiger partial charge in [0.15, 0.2) is 11.5 Å². The standard InChI is InChI=1S/C17H23ClN2O3/c1-11-4-2-3-5-13(11)20-17(21)10-19-14-9-16-15(8-12(14)18)22-6-7-23-16/h8-9,11,13,19H,2-7,10H2,1H3,(H,20,21). The topological polar surface area (TPSA) is 59.6 Å². The summed E-state index contributed by atoms with van der Waals surface area (Å²) in [6.07, 6.45) is 4.71. The van der Waals surface area contributed by atoms with Crippen LogP contribution in [-0.2, 0) is 4.79 Å². The van der Waals surface area contributed by atoms with Gasteiger partial charge in [-0.3, -0.25) is 4.79 Å². The van der Waals surface area contributed by atoms with Gasteiger partial charge in [-0.25, -0.2) is 0 Å². The molecule has 0 bridgehead atoms. The Balaban J connectivity index is 1.56. The third kappa shape index (κ3) is 4.02. The van der Waals surface area contributed by atoms with Gasteiger partial charge in [0.1, 0.15) is 13.2 Å². The maximum atomic E-state index is 12.2. The van der Waals surface area contributed by atoms with Gasteiger partial charge < -0.3 is 20.1 Å². The SMILES string of the molecule is CC1CCCCC1NC(=O)CNc1cc2c(cc1Cl)OCCO2. The van der Waals surface area contributed by atoms with Gasteiger partial charge in [-0.1, -0.05) is 31.4 Å². The molecule has 2 aliphatic rings. The van der Waals surface area contributed by atoms with Crippen molar-refractivity contribution in [2.45, 2.75) is 38.6 Å². The van der Waals surface area contributed by atoms with Crippen LogP contribution in [0.3, 0.4) is 0 Å². The molecule has 126 valence electrons. The highest BCUT2D eigenvalue weighted by atomic mass is 35.5. The second-order valence-electron chi connectivity index (χ2n) is 6.27. The summed E-state index contributed by atoms with van der Waals surface area (Å²) in [6.45, 7) is 3.45. The molecule has 1 heterocycles. The zero-order valence-electron chi connectivity index (χ0n) is 13.4. The monoisotopic (exact) mass is 338 g/mol. The van der Waals surface area contributed by atoms with E-state index in [-0.39, 0.29) is 18.5 Å². The molecule has 1 aliphatic carbocycles. The maximum Gasteiger partial charge on any atom is 0.239 e. The maximum absolute atomic E-state index is 12.2. The fourth-order valence-corrected chi connectivity index (χ4v) is 3.38. The summed E-state index contributed by atoms with van der Waals surface area (Å²) >= 11 is 6.23. The molecule has 0 saturated heterocycles. The molecule has 1 aromatic rings. The lowest BCUT2D eigenvalue weighted by molar-refractivity contribution is -0.120. The molecule has 1 fully saturated rings. The van der Waals surface area contributed by atoms with Crippen LogP contribution in [0.25, 0.3) is 0 Å². The van der Waals surface area contributed by atoms with Gasteiger partial charge in [0, 0.05) is 18.2 Å². The Bertz CT molecular complexity index is 579. The molecule has 1 saturated carbocycles. The minimum absolute atomic E-state index is 0.00490. The molecule has 2 N–H and O–H groups in total. The van der Waals surface area contributed by atoms with Crippen LogP contribution in [-0.4, -0.2) is 31.7 Å². The molecule has 0 radical (unpaired) electrons. The normalized spacial score (nSPS) is 23.2. The molecule has 6 heteroatoms. The van der Waals surface area contributed by atoms with E-state index in [1.54, 1.807) is 12.1 Å². The molecule has 0 aromatic heterocycles. The van der Waals surface area contributed by atoms with Crippen LogP contribution in [0.2, 0.25) is 5.02 Å². The van der Waals surface area contributed by atoms with Crippen molar-refractivity contribution < 1.29 is 14.3 Å². The quantitative estimate of drug-likeness (QED) is 0.885. The highest BCUT2D eigenvalue weighted by molar-refractivity contribution is 6.33. The molecule has 0 spiro atoms. The summed E-state index contributed by atoms with van der Waals surface area (Å²) in [5.74, 6) is 1.84. The Labute approximate surface area is 141 Å². The van der Waals surface area contributed by atoms with E-state index in [1.807, 2.05) is 0 Å². The number of fused-ring (bicyclic) bond motifs is 1. The number of nitrogens with one attached hydrogen (secondary N) is 2. The van der Waals surface area contributed by atoms with Crippen LogP contribution in [0.4, 0.5) is 5.69 Å². The van der Waals surface area contributed by atoms with E-state index in [9.17, 15) is 4.79 Å². The number of ether oxygens (including phenoxy) is 2. The van der Waals surface area contributed by atoms with Gasteiger partial charge in [0.05, 0.1) is 17.3 Å². The minimum Gasteiger partial charge on any atom is -0.486 e. The van der Waals surface area contributed by atoms with Crippen molar-refractivity contribution in [2.24, 2.45) is 5.92 Å². The largest absolute Gasteiger partial charge is 0.486 e. The fraction of sp³-hybridized carbons (Fsp3) is 0.588. The Kier molecular flexibility index (Phi) is 5.16. The molecule has 1 aliphatic heterocycles. The average molecular weight is 339 g/mol. The summed E-state index contributed by atoms with van der Waals surface area (Å²) < 4.78 is 11.0. The van der Waals surface area contributed by atoms with Crippen molar-refractivity contribution in [3.8, 4) is 11.5 Å². The van der Waals surface area contributed by atoms with Gasteiger partial charge in [-0.15, -0.1) is 0 Å². The summed E-state index contributed by atoms with van der Waals surface area (Å²) in [5.41, 5.74) is 0.683. The summed E-state index contributed by atoms with van der Waals surface area (Å²) in [6, 6.07) is 3.79. The third-order valence-corrected chi connectivity index (χ3v) is 4.84. The lowest BCUT2D eigenvalue weighted by Gasteiger charge is -2.29. The van der Waals surface area contributed by atoms with Crippen LogP contribution in [0.5, 0.6) is 11.5 Å². The lowest BCUT2D eigenvalue weighted by Crippen LogP contribution is -2.43. The molecular weight excluding hydrogens is 316 g/mol. The lowest BCUT2D eigenvalue weighted by atomic mass is 9.86. The molecule has 2 atom stereocenters. The number of carbonyl (C=O) groups is 1. The molecule has 23 heavy (non-hydrogen) atoms. The number of benzene rings is 1. The van der Waals surface area contributed by atoms with Crippen LogP contribution in [0, 0.1) is 5.92 Å². The first-order chi connectivity index (χ1) is 11.1. The van der Waals surface area contributed by atoms with Gasteiger partial charge in [-0.2, -0.15) is 0 Å². The number of hydrogen-bond donors (Lipinski definition) is 2. The number of rotatable bonds is 4. The van der Waals surface area contributed by atoms with Gasteiger partial charge >= 0.3 is 0 Å². The van der Waals surface area contributed by atoms with Crippen molar-refractivity contribution in [1.82, 2.24) is 5.32 Å². The van der Waals surface area contributed by atoms with Crippen molar-refractivity contribution in [3.05, 3.63) is 17.2 Å². The molecule has 1 aromatic carbocycles. The van der Waals surface area contributed by atoms with E-state index in [2.05, 4.69) is 17.6 Å². The number of carbonyl (C=O) groups excluding carboxylic acids is 1.